The third-order valence-electron chi connectivity index (χ3n) is 2.44. The summed E-state index contributed by atoms with van der Waals surface area (Å²) in [7, 11) is 0. The first-order chi connectivity index (χ1) is 9.70. The van der Waals surface area contributed by atoms with Crippen molar-refractivity contribution in [1.29, 1.82) is 0 Å². The third-order valence-corrected chi connectivity index (χ3v) is 2.44. The molecule has 7 heteroatoms. The van der Waals surface area contributed by atoms with Crippen molar-refractivity contribution in [3.63, 3.8) is 0 Å². The monoisotopic (exact) mass is 274 g/mol. The zero-order chi connectivity index (χ0) is 14.4. The fourth-order valence-electron chi connectivity index (χ4n) is 1.52. The lowest BCUT2D eigenvalue weighted by atomic mass is 10.3. The summed E-state index contributed by atoms with van der Waals surface area (Å²) >= 11 is 0. The van der Waals surface area contributed by atoms with Gasteiger partial charge in [-0.1, -0.05) is 6.92 Å². The van der Waals surface area contributed by atoms with Crippen LogP contribution in [0.15, 0.2) is 36.7 Å². The van der Waals surface area contributed by atoms with Crippen LogP contribution >= 0.6 is 0 Å². The predicted molar refractivity (Wildman–Crippen MR) is 74.0 cm³/mol. The molecule has 0 atom stereocenters. The quantitative estimate of drug-likeness (QED) is 0.643. The Labute approximate surface area is 115 Å². The molecule has 0 aliphatic heterocycles. The van der Waals surface area contributed by atoms with E-state index in [4.69, 9.17) is 4.74 Å². The average Bonchev–Trinajstić information content (AvgIpc) is 2.46. The number of anilines is 1. The zero-order valence-corrected chi connectivity index (χ0v) is 10.9. The molecule has 2 rings (SSSR count). The zero-order valence-electron chi connectivity index (χ0n) is 10.9. The van der Waals surface area contributed by atoms with Gasteiger partial charge < -0.3 is 10.1 Å². The largest absolute Gasteiger partial charge is 0.432 e. The molecule has 104 valence electrons. The molecule has 20 heavy (non-hydrogen) atoms. The summed E-state index contributed by atoms with van der Waals surface area (Å²) in [4.78, 5) is 18.5. The van der Waals surface area contributed by atoms with E-state index in [1.54, 1.807) is 24.4 Å². The first-order valence-electron chi connectivity index (χ1n) is 6.18. The second-order valence-corrected chi connectivity index (χ2v) is 4.00. The van der Waals surface area contributed by atoms with E-state index in [1.165, 1.54) is 12.3 Å². The first kappa shape index (κ1) is 13.7. The van der Waals surface area contributed by atoms with E-state index in [0.717, 1.165) is 13.0 Å². The molecule has 0 bridgehead atoms. The van der Waals surface area contributed by atoms with Crippen LogP contribution in [0.2, 0.25) is 0 Å². The lowest BCUT2D eigenvalue weighted by Crippen LogP contribution is -2.04. The Balaban J connectivity index is 2.29. The molecule has 0 aliphatic rings. The highest BCUT2D eigenvalue weighted by Crippen LogP contribution is 2.30. The van der Waals surface area contributed by atoms with Crippen molar-refractivity contribution >= 4 is 11.5 Å². The molecule has 0 radical (unpaired) electrons. The summed E-state index contributed by atoms with van der Waals surface area (Å²) in [5.41, 5.74) is -0.184. The van der Waals surface area contributed by atoms with Gasteiger partial charge in [0.1, 0.15) is 11.6 Å². The second-order valence-electron chi connectivity index (χ2n) is 4.00. The molecule has 0 unspecified atom stereocenters. The summed E-state index contributed by atoms with van der Waals surface area (Å²) in [5, 5.41) is 14.0. The number of ether oxygens (including phenoxy) is 1. The molecule has 0 fully saturated rings. The van der Waals surface area contributed by atoms with Gasteiger partial charge in [0.2, 0.25) is 0 Å². The van der Waals surface area contributed by atoms with Crippen molar-refractivity contribution in [3.8, 4) is 11.6 Å². The molecular weight excluding hydrogens is 260 g/mol. The van der Waals surface area contributed by atoms with Gasteiger partial charge in [0.25, 0.3) is 0 Å². The topological polar surface area (TPSA) is 90.2 Å². The third kappa shape index (κ3) is 3.41. The SMILES string of the molecule is CCCNc1ccc([N+](=O)[O-])c(Oc2cccnc2)n1. The number of nitro groups is 1. The second kappa shape index (κ2) is 6.46. The number of hydrogen-bond donors (Lipinski definition) is 1. The van der Waals surface area contributed by atoms with Crippen LogP contribution in [0.5, 0.6) is 11.6 Å². The molecule has 0 amide bonds. The van der Waals surface area contributed by atoms with Crippen molar-refractivity contribution in [2.24, 2.45) is 0 Å². The summed E-state index contributed by atoms with van der Waals surface area (Å²) in [5.74, 6) is 0.885. The molecule has 1 N–H and O–H groups in total. The van der Waals surface area contributed by atoms with Gasteiger partial charge in [0.05, 0.1) is 11.1 Å². The summed E-state index contributed by atoms with van der Waals surface area (Å²) in [6.07, 6.45) is 3.99. The van der Waals surface area contributed by atoms with Gasteiger partial charge >= 0.3 is 11.6 Å². The maximum absolute atomic E-state index is 11.0. The Morgan fingerprint density at radius 2 is 2.25 bits per heavy atom. The maximum atomic E-state index is 11.0. The van der Waals surface area contributed by atoms with E-state index < -0.39 is 4.92 Å². The molecule has 0 aromatic carbocycles. The van der Waals surface area contributed by atoms with Crippen molar-refractivity contribution < 1.29 is 9.66 Å². The Morgan fingerprint density at radius 1 is 1.40 bits per heavy atom. The smallest absolute Gasteiger partial charge is 0.331 e. The summed E-state index contributed by atoms with van der Waals surface area (Å²) in [6.45, 7) is 2.75. The number of nitrogens with one attached hydrogen (secondary N) is 1. The summed E-state index contributed by atoms with van der Waals surface area (Å²) < 4.78 is 5.44. The number of hydrogen-bond acceptors (Lipinski definition) is 6. The highest BCUT2D eigenvalue weighted by molar-refractivity contribution is 5.50. The fraction of sp³-hybridized carbons (Fsp3) is 0.231. The molecule has 0 spiro atoms. The van der Waals surface area contributed by atoms with Gasteiger partial charge in [0, 0.05) is 18.8 Å². The maximum Gasteiger partial charge on any atom is 0.331 e. The predicted octanol–water partition coefficient (Wildman–Crippen LogP) is 3.00. The van der Waals surface area contributed by atoms with Crippen LogP contribution in [0, 0.1) is 10.1 Å². The Bertz CT molecular complexity index is 589. The molecule has 0 saturated carbocycles. The van der Waals surface area contributed by atoms with E-state index in [9.17, 15) is 10.1 Å². The molecule has 2 aromatic rings. The number of aromatic nitrogens is 2. The number of pyridine rings is 2. The highest BCUT2D eigenvalue weighted by Gasteiger charge is 2.18. The lowest BCUT2D eigenvalue weighted by Gasteiger charge is -2.08. The van der Waals surface area contributed by atoms with Crippen LogP contribution in [0.4, 0.5) is 11.5 Å². The molecule has 2 heterocycles. The summed E-state index contributed by atoms with van der Waals surface area (Å²) in [6, 6.07) is 6.27. The average molecular weight is 274 g/mol. The molecular formula is C13H14N4O3. The van der Waals surface area contributed by atoms with Crippen LogP contribution in [0.25, 0.3) is 0 Å². The molecule has 2 aromatic heterocycles. The van der Waals surface area contributed by atoms with E-state index >= 15 is 0 Å². The van der Waals surface area contributed by atoms with Crippen molar-refractivity contribution in [2.45, 2.75) is 13.3 Å². The molecule has 0 aliphatic carbocycles. The van der Waals surface area contributed by atoms with Crippen LogP contribution in [0.1, 0.15) is 13.3 Å². The fourth-order valence-corrected chi connectivity index (χ4v) is 1.52. The number of nitrogens with zero attached hydrogens (tertiary/aromatic N) is 3. The van der Waals surface area contributed by atoms with Gasteiger partial charge in [-0.05, 0) is 24.6 Å². The van der Waals surface area contributed by atoms with E-state index in [1.807, 2.05) is 6.92 Å². The molecule has 7 nitrogen and oxygen atoms in total. The minimum atomic E-state index is -0.525. The van der Waals surface area contributed by atoms with Gasteiger partial charge in [0.15, 0.2) is 0 Å². The standard InChI is InChI=1S/C13H14N4O3/c1-2-7-15-12-6-5-11(17(18)19)13(16-12)20-10-4-3-8-14-9-10/h3-6,8-9H,2,7H2,1H3,(H,15,16). The minimum Gasteiger partial charge on any atom is -0.432 e. The Morgan fingerprint density at radius 3 is 2.90 bits per heavy atom. The van der Waals surface area contributed by atoms with Crippen molar-refractivity contribution in [2.75, 3.05) is 11.9 Å². The highest BCUT2D eigenvalue weighted by atomic mass is 16.6. The minimum absolute atomic E-state index is 0.0518. The normalized spacial score (nSPS) is 10.1. The Hall–Kier alpha value is -2.70. The lowest BCUT2D eigenvalue weighted by molar-refractivity contribution is -0.386. The van der Waals surface area contributed by atoms with Crippen LogP contribution < -0.4 is 10.1 Å². The van der Waals surface area contributed by atoms with E-state index in [-0.39, 0.29) is 11.6 Å². The van der Waals surface area contributed by atoms with E-state index in [0.29, 0.717) is 11.6 Å². The van der Waals surface area contributed by atoms with Gasteiger partial charge in [-0.3, -0.25) is 15.1 Å². The van der Waals surface area contributed by atoms with Gasteiger partial charge in [-0.25, -0.2) is 0 Å². The van der Waals surface area contributed by atoms with Crippen LogP contribution in [-0.4, -0.2) is 21.4 Å². The van der Waals surface area contributed by atoms with E-state index in [2.05, 4.69) is 15.3 Å². The van der Waals surface area contributed by atoms with Crippen LogP contribution in [0.3, 0.4) is 0 Å². The number of rotatable bonds is 6. The molecule has 0 saturated heterocycles. The van der Waals surface area contributed by atoms with Gasteiger partial charge in [-0.15, -0.1) is 0 Å². The van der Waals surface area contributed by atoms with Gasteiger partial charge in [-0.2, -0.15) is 4.98 Å². The first-order valence-corrected chi connectivity index (χ1v) is 6.18. The van der Waals surface area contributed by atoms with Crippen LogP contribution in [-0.2, 0) is 0 Å². The van der Waals surface area contributed by atoms with Crippen molar-refractivity contribution in [3.05, 3.63) is 46.8 Å². The Kier molecular flexibility index (Phi) is 4.43. The van der Waals surface area contributed by atoms with Crippen molar-refractivity contribution in [1.82, 2.24) is 9.97 Å².